The normalized spacial score (nSPS) is 11.4. The lowest BCUT2D eigenvalue weighted by Crippen LogP contribution is -2.15. The zero-order valence-electron chi connectivity index (χ0n) is 12.9. The van der Waals surface area contributed by atoms with Crippen molar-refractivity contribution in [2.45, 2.75) is 11.8 Å². The van der Waals surface area contributed by atoms with Gasteiger partial charge in [0.1, 0.15) is 6.61 Å². The van der Waals surface area contributed by atoms with Crippen molar-refractivity contribution in [3.05, 3.63) is 36.4 Å². The quantitative estimate of drug-likeness (QED) is 0.790. The first-order valence-electron chi connectivity index (χ1n) is 6.88. The van der Waals surface area contributed by atoms with Crippen molar-refractivity contribution in [3.63, 3.8) is 0 Å². The molecule has 2 rings (SSSR count). The van der Waals surface area contributed by atoms with Crippen LogP contribution in [0.15, 0.2) is 41.3 Å². The van der Waals surface area contributed by atoms with E-state index in [9.17, 15) is 13.2 Å². The van der Waals surface area contributed by atoms with Crippen LogP contribution in [0, 0.1) is 0 Å². The first kappa shape index (κ1) is 16.3. The Balaban J connectivity index is 2.47. The van der Waals surface area contributed by atoms with Gasteiger partial charge in [-0.05, 0) is 12.1 Å². The summed E-state index contributed by atoms with van der Waals surface area (Å²) in [7, 11) is 0.306. The topological polar surface area (TPSA) is 63.7 Å². The van der Waals surface area contributed by atoms with E-state index >= 15 is 0 Å². The number of benzene rings is 2. The molecule has 6 heteroatoms. The highest BCUT2D eigenvalue weighted by Gasteiger charge is 2.19. The number of carbonyl (C=O) groups is 1. The minimum atomic E-state index is -3.52. The molecule has 0 heterocycles. The third kappa shape index (κ3) is 3.39. The number of rotatable bonds is 5. The number of nitrogens with zero attached hydrogens (tertiary/aromatic N) is 1. The number of sulfone groups is 1. The molecule has 0 unspecified atom stereocenters. The van der Waals surface area contributed by atoms with Crippen molar-refractivity contribution in [2.75, 3.05) is 31.4 Å². The Morgan fingerprint density at radius 3 is 2.36 bits per heavy atom. The van der Waals surface area contributed by atoms with Crippen LogP contribution in [0.3, 0.4) is 0 Å². The van der Waals surface area contributed by atoms with Crippen molar-refractivity contribution in [2.24, 2.45) is 0 Å². The smallest absolute Gasteiger partial charge is 0.302 e. The fourth-order valence-corrected chi connectivity index (χ4v) is 3.65. The Bertz CT molecular complexity index is 797. The van der Waals surface area contributed by atoms with Gasteiger partial charge >= 0.3 is 5.97 Å². The van der Waals surface area contributed by atoms with Crippen LogP contribution in [0.2, 0.25) is 0 Å². The molecule has 0 fully saturated rings. The highest BCUT2D eigenvalue weighted by Crippen LogP contribution is 2.30. The predicted octanol–water partition coefficient (Wildman–Crippen LogP) is 2.24. The highest BCUT2D eigenvalue weighted by atomic mass is 32.2. The average molecular weight is 321 g/mol. The van der Waals surface area contributed by atoms with Crippen LogP contribution in [0.5, 0.6) is 0 Å². The van der Waals surface area contributed by atoms with Crippen LogP contribution in [0.25, 0.3) is 10.8 Å². The molecular formula is C16H19NO4S. The summed E-state index contributed by atoms with van der Waals surface area (Å²) < 4.78 is 29.8. The second-order valence-corrected chi connectivity index (χ2v) is 7.26. The molecule has 0 saturated heterocycles. The number of anilines is 1. The number of hydrogen-bond acceptors (Lipinski definition) is 5. The second kappa shape index (κ2) is 6.36. The molecule has 0 N–H and O–H groups in total. The summed E-state index contributed by atoms with van der Waals surface area (Å²) >= 11 is 0. The number of ether oxygens (including phenoxy) is 1. The molecule has 0 saturated carbocycles. The third-order valence-corrected chi connectivity index (χ3v) is 5.06. The van der Waals surface area contributed by atoms with Gasteiger partial charge in [0.05, 0.1) is 10.6 Å². The van der Waals surface area contributed by atoms with Crippen LogP contribution in [0.1, 0.15) is 6.92 Å². The van der Waals surface area contributed by atoms with Gasteiger partial charge < -0.3 is 9.64 Å². The monoisotopic (exact) mass is 321 g/mol. The number of esters is 1. The Labute approximate surface area is 130 Å². The molecule has 118 valence electrons. The first-order valence-corrected chi connectivity index (χ1v) is 8.53. The van der Waals surface area contributed by atoms with E-state index in [1.54, 1.807) is 18.2 Å². The SMILES string of the molecule is CC(=O)OCCS(=O)(=O)c1cccc2c(N(C)C)cccc12. The largest absolute Gasteiger partial charge is 0.465 e. The van der Waals surface area contributed by atoms with E-state index in [0.29, 0.717) is 5.39 Å². The lowest BCUT2D eigenvalue weighted by Gasteiger charge is -2.17. The van der Waals surface area contributed by atoms with E-state index in [-0.39, 0.29) is 17.3 Å². The molecular weight excluding hydrogens is 302 g/mol. The average Bonchev–Trinajstić information content (AvgIpc) is 2.45. The fraction of sp³-hybridized carbons (Fsp3) is 0.312. The van der Waals surface area contributed by atoms with Crippen molar-refractivity contribution in [3.8, 4) is 0 Å². The molecule has 0 aliphatic rings. The Morgan fingerprint density at radius 1 is 1.09 bits per heavy atom. The molecule has 2 aromatic carbocycles. The van der Waals surface area contributed by atoms with Crippen LogP contribution in [-0.2, 0) is 19.4 Å². The molecule has 0 aliphatic heterocycles. The van der Waals surface area contributed by atoms with Gasteiger partial charge in [-0.3, -0.25) is 4.79 Å². The molecule has 0 atom stereocenters. The Kier molecular flexibility index (Phi) is 4.71. The lowest BCUT2D eigenvalue weighted by molar-refractivity contribution is -0.140. The summed E-state index contributed by atoms with van der Waals surface area (Å²) in [6.45, 7) is 1.12. The lowest BCUT2D eigenvalue weighted by atomic mass is 10.1. The number of fused-ring (bicyclic) bond motifs is 1. The van der Waals surface area contributed by atoms with E-state index in [1.165, 1.54) is 6.92 Å². The second-order valence-electron chi connectivity index (χ2n) is 5.18. The zero-order chi connectivity index (χ0) is 16.3. The van der Waals surface area contributed by atoms with Crippen LogP contribution in [-0.4, -0.2) is 40.8 Å². The summed E-state index contributed by atoms with van der Waals surface area (Å²) in [6, 6.07) is 10.8. The van der Waals surface area contributed by atoms with Crippen molar-refractivity contribution in [1.82, 2.24) is 0 Å². The molecule has 0 aliphatic carbocycles. The van der Waals surface area contributed by atoms with Crippen molar-refractivity contribution in [1.29, 1.82) is 0 Å². The van der Waals surface area contributed by atoms with Gasteiger partial charge in [-0.15, -0.1) is 0 Å². The summed E-state index contributed by atoms with van der Waals surface area (Å²) in [4.78, 5) is 13.0. The predicted molar refractivity (Wildman–Crippen MR) is 87.0 cm³/mol. The summed E-state index contributed by atoms with van der Waals surface area (Å²) in [5.74, 6) is -0.708. The molecule has 0 bridgehead atoms. The number of hydrogen-bond donors (Lipinski definition) is 0. The standard InChI is InChI=1S/C16H19NO4S/c1-12(18)21-10-11-22(19,20)16-9-5-6-13-14(16)7-4-8-15(13)17(2)3/h4-9H,10-11H2,1-3H3. The van der Waals surface area contributed by atoms with Crippen LogP contribution < -0.4 is 4.90 Å². The van der Waals surface area contributed by atoms with Crippen LogP contribution in [0.4, 0.5) is 5.69 Å². The van der Waals surface area contributed by atoms with Gasteiger partial charge in [0.2, 0.25) is 0 Å². The maximum absolute atomic E-state index is 12.5. The highest BCUT2D eigenvalue weighted by molar-refractivity contribution is 7.91. The molecule has 5 nitrogen and oxygen atoms in total. The van der Waals surface area contributed by atoms with Gasteiger partial charge in [0.15, 0.2) is 9.84 Å². The summed E-state index contributed by atoms with van der Waals surface area (Å²) in [6.07, 6.45) is 0. The molecule has 0 spiro atoms. The molecule has 0 amide bonds. The molecule has 2 aromatic rings. The zero-order valence-corrected chi connectivity index (χ0v) is 13.7. The van der Waals surface area contributed by atoms with Crippen LogP contribution >= 0.6 is 0 Å². The summed E-state index contributed by atoms with van der Waals surface area (Å²) in [5.41, 5.74) is 0.953. The maximum atomic E-state index is 12.5. The Hall–Kier alpha value is -2.08. The Morgan fingerprint density at radius 2 is 1.73 bits per heavy atom. The summed E-state index contributed by atoms with van der Waals surface area (Å²) in [5, 5.41) is 1.55. The number of carbonyl (C=O) groups excluding carboxylic acids is 1. The van der Waals surface area contributed by atoms with Gasteiger partial charge in [0.25, 0.3) is 0 Å². The molecule has 22 heavy (non-hydrogen) atoms. The van der Waals surface area contributed by atoms with Crippen molar-refractivity contribution < 1.29 is 17.9 Å². The van der Waals surface area contributed by atoms with Gasteiger partial charge in [0, 0.05) is 37.5 Å². The van der Waals surface area contributed by atoms with E-state index in [0.717, 1.165) is 11.1 Å². The van der Waals surface area contributed by atoms with E-state index in [4.69, 9.17) is 4.74 Å². The fourth-order valence-electron chi connectivity index (χ4n) is 2.33. The van der Waals surface area contributed by atoms with Gasteiger partial charge in [-0.1, -0.05) is 24.3 Å². The molecule has 0 aromatic heterocycles. The van der Waals surface area contributed by atoms with E-state index in [1.807, 2.05) is 37.2 Å². The third-order valence-electron chi connectivity index (χ3n) is 3.33. The van der Waals surface area contributed by atoms with E-state index < -0.39 is 15.8 Å². The van der Waals surface area contributed by atoms with Gasteiger partial charge in [-0.2, -0.15) is 0 Å². The van der Waals surface area contributed by atoms with E-state index in [2.05, 4.69) is 0 Å². The first-order chi connectivity index (χ1) is 10.3. The van der Waals surface area contributed by atoms with Crippen molar-refractivity contribution >= 4 is 32.3 Å². The minimum absolute atomic E-state index is 0.137. The van der Waals surface area contributed by atoms with Gasteiger partial charge in [-0.25, -0.2) is 8.42 Å². The minimum Gasteiger partial charge on any atom is -0.465 e. The molecule has 0 radical (unpaired) electrons. The maximum Gasteiger partial charge on any atom is 0.302 e.